The molecule has 0 amide bonds. The van der Waals surface area contributed by atoms with E-state index in [0.29, 0.717) is 49.3 Å². The Kier molecular flexibility index (Phi) is 60.2. The molecule has 3 radical (unpaired) electrons. The molecule has 0 aromatic carbocycles. The van der Waals surface area contributed by atoms with Crippen molar-refractivity contribution in [1.82, 2.24) is 0 Å². The minimum absolute atomic E-state index is 0. The summed E-state index contributed by atoms with van der Waals surface area (Å²) < 4.78 is 0. The largest absolute Gasteiger partial charge is 0.412 e. The van der Waals surface area contributed by atoms with Crippen molar-refractivity contribution in [2.75, 3.05) is 49.3 Å². The van der Waals surface area contributed by atoms with E-state index < -0.39 is 30.9 Å². The Balaban J connectivity index is -0.0000000316. The second-order valence-electron chi connectivity index (χ2n) is 6.04. The second-order valence-corrected chi connectivity index (χ2v) is 18.1. The molecule has 225 valence electrons. The van der Waals surface area contributed by atoms with E-state index in [1.807, 2.05) is 0 Å². The minimum atomic E-state index is -2.40. The maximum atomic E-state index is 8.80. The van der Waals surface area contributed by atoms with Gasteiger partial charge in [0.05, 0.1) is 0 Å². The van der Waals surface area contributed by atoms with Gasteiger partial charge in [0.2, 0.25) is 0 Å². The molecule has 0 atom stereocenters. The predicted molar refractivity (Wildman–Crippen MR) is 137 cm³/mol. The van der Waals surface area contributed by atoms with Gasteiger partial charge in [-0.15, -0.1) is 0 Å². The van der Waals surface area contributed by atoms with E-state index in [9.17, 15) is 0 Å². The zero-order valence-electron chi connectivity index (χ0n) is 20.9. The van der Waals surface area contributed by atoms with E-state index in [2.05, 4.69) is 0 Å². The van der Waals surface area contributed by atoms with Crippen LogP contribution in [0.25, 0.3) is 0 Å². The summed E-state index contributed by atoms with van der Waals surface area (Å²) in [6.07, 6.45) is 4.14. The fourth-order valence-corrected chi connectivity index (χ4v) is 2.68. The molecule has 0 rings (SSSR count). The molecule has 17 heteroatoms. The fourth-order valence-electron chi connectivity index (χ4n) is 0.894. The van der Waals surface area contributed by atoms with Crippen molar-refractivity contribution in [3.05, 3.63) is 0 Å². The summed E-state index contributed by atoms with van der Waals surface area (Å²) in [6, 6.07) is 0. The summed E-state index contributed by atoms with van der Waals surface area (Å²) >= 11 is 0. The maximum absolute atomic E-state index is 8.80. The molecule has 0 aromatic rings. The Hall–Kier alpha value is 2.88. The Morgan fingerprint density at radius 3 is 0.364 bits per heavy atom. The molecule has 0 aliphatic carbocycles. The number of hydrogen-bond donors (Lipinski definition) is 8. The van der Waals surface area contributed by atoms with Crippen LogP contribution in [-0.2, 0) is 51.2 Å². The van der Waals surface area contributed by atoms with Crippen LogP contribution in [-0.4, -0.2) is 99.4 Å². The quantitative estimate of drug-likeness (QED) is 0.136. The van der Waals surface area contributed by atoms with E-state index >= 15 is 0 Å². The first-order valence-corrected chi connectivity index (χ1v) is 18.0. The van der Waals surface area contributed by atoms with Gasteiger partial charge in [-0.05, 0) is 55.4 Å². The molecular weight excluding hydrogens is 667 g/mol. The fraction of sp³-hybridized carbons (Fsp3) is 1.00. The molecule has 0 unspecified atom stereocenters. The van der Waals surface area contributed by atoms with Gasteiger partial charge in [0, 0.05) is 51.2 Å². The molecule has 0 aromatic heterocycles. The Bertz CT molecular complexity index is 272. The first-order chi connectivity index (χ1) is 12.5. The number of hydrogen-bond acceptors (Lipinski definition) is 8. The number of rotatable bonds is 8. The Morgan fingerprint density at radius 1 is 0.303 bits per heavy atom. The molecule has 0 heterocycles. The van der Waals surface area contributed by atoms with Crippen molar-refractivity contribution in [1.29, 1.82) is 0 Å². The monoisotopic (exact) mass is 717 g/mol. The summed E-state index contributed by atoms with van der Waals surface area (Å²) in [5.41, 5.74) is 0. The molecule has 33 heavy (non-hydrogen) atoms. The zero-order chi connectivity index (χ0) is 23.7. The third kappa shape index (κ3) is 52.2. The summed E-state index contributed by atoms with van der Waals surface area (Å²) in [5.74, 6) is 0. The van der Waals surface area contributed by atoms with Crippen molar-refractivity contribution in [3.63, 3.8) is 0 Å². The van der Waals surface area contributed by atoms with Crippen molar-refractivity contribution in [2.45, 2.75) is 55.4 Å². The van der Waals surface area contributed by atoms with Crippen LogP contribution in [0.2, 0.25) is 0 Å². The first kappa shape index (κ1) is 60.4. The zero-order valence-corrected chi connectivity index (χ0v) is 27.3. The van der Waals surface area contributed by atoms with Gasteiger partial charge in [0.1, 0.15) is 49.3 Å². The van der Waals surface area contributed by atoms with E-state index in [4.69, 9.17) is 39.1 Å². The van der Waals surface area contributed by atoms with Crippen LogP contribution >= 0.6 is 30.9 Å². The van der Waals surface area contributed by atoms with Crippen molar-refractivity contribution < 1.29 is 101 Å². The van der Waals surface area contributed by atoms with E-state index in [1.165, 1.54) is 0 Å². The van der Waals surface area contributed by atoms with Gasteiger partial charge in [-0.2, -0.15) is 0 Å². The molecule has 0 bridgehead atoms. The van der Waals surface area contributed by atoms with Crippen LogP contribution in [0.1, 0.15) is 55.4 Å². The van der Waals surface area contributed by atoms with Crippen molar-refractivity contribution in [2.24, 2.45) is 0 Å². The van der Waals surface area contributed by atoms with Gasteiger partial charge in [-0.25, -0.2) is 39.1 Å². The molecule has 0 aliphatic heterocycles. The topological polar surface area (TPSA) is 225 Å². The second kappa shape index (κ2) is 32.9. The van der Waals surface area contributed by atoms with Gasteiger partial charge in [-0.1, -0.05) is 0 Å². The van der Waals surface area contributed by atoms with Crippen LogP contribution in [0.3, 0.4) is 0 Å². The van der Waals surface area contributed by atoms with Crippen LogP contribution in [0.5, 0.6) is 0 Å². The first-order valence-electron chi connectivity index (χ1n) is 9.79. The Labute approximate surface area is 235 Å². The molecule has 0 saturated heterocycles. The SMILES string of the molecule is CC[P+](O)(O)CC.CC[P+](O)(O)CC.CC[P+](O)(O)CC.CC[P+](O)(O)CC.O.O.[Cu].[Cu].[Cu]. The molecular formula is C16H52Cu3O10P4+4. The van der Waals surface area contributed by atoms with E-state index in [-0.39, 0.29) is 62.2 Å². The predicted octanol–water partition coefficient (Wildman–Crippen LogP) is 1.78. The smallest absolute Gasteiger partial charge is 0.267 e. The van der Waals surface area contributed by atoms with Crippen molar-refractivity contribution >= 4 is 30.9 Å². The molecule has 10 nitrogen and oxygen atoms in total. The summed E-state index contributed by atoms with van der Waals surface area (Å²) in [4.78, 5) is 70.4. The standard InChI is InChI=1S/4C4H12O2P.3Cu.2H2O/c4*1-3-7(5,6)4-2;;;;;/h4*5-6H,3-4H2,1-2H3;;;;2*1H2/q4*+1;;;;;. The molecule has 0 fully saturated rings. The molecule has 0 spiro atoms. The van der Waals surface area contributed by atoms with Crippen LogP contribution < -0.4 is 0 Å². The third-order valence-electron chi connectivity index (χ3n) is 4.05. The van der Waals surface area contributed by atoms with Crippen LogP contribution in [0.4, 0.5) is 0 Å². The van der Waals surface area contributed by atoms with Crippen LogP contribution in [0.15, 0.2) is 0 Å². The molecule has 0 aliphatic rings. The van der Waals surface area contributed by atoms with Gasteiger partial charge in [-0.3, -0.25) is 0 Å². The maximum Gasteiger partial charge on any atom is 0.267 e. The van der Waals surface area contributed by atoms with E-state index in [1.54, 1.807) is 55.4 Å². The third-order valence-corrected chi connectivity index (χ3v) is 12.2. The normalized spacial score (nSPS) is 10.2. The van der Waals surface area contributed by atoms with E-state index in [0.717, 1.165) is 0 Å². The average Bonchev–Trinajstić information content (AvgIpc) is 2.69. The average molecular weight is 719 g/mol. The van der Waals surface area contributed by atoms with Crippen molar-refractivity contribution in [3.8, 4) is 0 Å². The minimum Gasteiger partial charge on any atom is -0.412 e. The summed E-state index contributed by atoms with van der Waals surface area (Å²) in [7, 11) is -9.62. The summed E-state index contributed by atoms with van der Waals surface area (Å²) in [5, 5.41) is 0. The van der Waals surface area contributed by atoms with Crippen LogP contribution in [0, 0.1) is 0 Å². The van der Waals surface area contributed by atoms with Gasteiger partial charge in [0.25, 0.3) is 30.9 Å². The molecule has 12 N–H and O–H groups in total. The van der Waals surface area contributed by atoms with Gasteiger partial charge < -0.3 is 11.0 Å². The van der Waals surface area contributed by atoms with Gasteiger partial charge in [0.15, 0.2) is 0 Å². The molecule has 0 saturated carbocycles. The van der Waals surface area contributed by atoms with Gasteiger partial charge >= 0.3 is 0 Å². The Morgan fingerprint density at radius 2 is 0.364 bits per heavy atom. The summed E-state index contributed by atoms with van der Waals surface area (Å²) in [6.45, 7) is 14.3.